The molecule has 1 amide bonds. The van der Waals surface area contributed by atoms with Crippen molar-refractivity contribution >= 4 is 5.91 Å². The minimum atomic E-state index is -0.117. The van der Waals surface area contributed by atoms with Crippen molar-refractivity contribution in [3.05, 3.63) is 59.2 Å². The molecule has 0 unspecified atom stereocenters. The summed E-state index contributed by atoms with van der Waals surface area (Å²) in [7, 11) is 0. The van der Waals surface area contributed by atoms with Crippen molar-refractivity contribution in [2.45, 2.75) is 19.9 Å². The van der Waals surface area contributed by atoms with Gasteiger partial charge in [-0.3, -0.25) is 4.79 Å². The number of hydrogen-bond donors (Lipinski definition) is 0. The Balaban J connectivity index is 1.81. The molecule has 1 aliphatic heterocycles. The second-order valence-corrected chi connectivity index (χ2v) is 6.06. The smallest absolute Gasteiger partial charge is 0.255 e. The third kappa shape index (κ3) is 4.13. The molecule has 0 spiro atoms. The Morgan fingerprint density at radius 1 is 1.12 bits per heavy atom. The molecule has 1 heterocycles. The molecule has 1 aliphatic rings. The van der Waals surface area contributed by atoms with Crippen molar-refractivity contribution in [3.8, 4) is 23.8 Å². The summed E-state index contributed by atoms with van der Waals surface area (Å²) < 4.78 is 11.3. The molecule has 0 saturated heterocycles. The lowest BCUT2D eigenvalue weighted by Crippen LogP contribution is -2.31. The number of terminal acetylenes is 1. The van der Waals surface area contributed by atoms with E-state index >= 15 is 0 Å². The van der Waals surface area contributed by atoms with Gasteiger partial charge in [0.25, 0.3) is 5.91 Å². The van der Waals surface area contributed by atoms with E-state index in [2.05, 4.69) is 5.92 Å². The van der Waals surface area contributed by atoms with Gasteiger partial charge in [0.1, 0.15) is 0 Å². The predicted octanol–water partition coefficient (Wildman–Crippen LogP) is 3.43. The van der Waals surface area contributed by atoms with Gasteiger partial charge in [-0.05, 0) is 30.7 Å². The van der Waals surface area contributed by atoms with E-state index in [4.69, 9.17) is 15.9 Å². The van der Waals surface area contributed by atoms with E-state index < -0.39 is 0 Å². The second kappa shape index (κ2) is 7.76. The molecular weight excluding hydrogens is 314 g/mol. The van der Waals surface area contributed by atoms with Gasteiger partial charge in [-0.1, -0.05) is 35.7 Å². The summed E-state index contributed by atoms with van der Waals surface area (Å²) in [6.45, 7) is 3.96. The first-order valence-electron chi connectivity index (χ1n) is 8.35. The topological polar surface area (TPSA) is 38.8 Å². The van der Waals surface area contributed by atoms with Crippen molar-refractivity contribution in [2.24, 2.45) is 0 Å². The number of fused-ring (bicyclic) bond motifs is 1. The van der Waals surface area contributed by atoms with Crippen LogP contribution in [0.15, 0.2) is 42.5 Å². The lowest BCUT2D eigenvalue weighted by molar-refractivity contribution is 0.0765. The molecule has 3 rings (SSSR count). The zero-order chi connectivity index (χ0) is 17.6. The first-order valence-corrected chi connectivity index (χ1v) is 8.35. The Bertz CT molecular complexity index is 790. The van der Waals surface area contributed by atoms with Gasteiger partial charge in [-0.2, -0.15) is 0 Å². The van der Waals surface area contributed by atoms with Crippen molar-refractivity contribution in [2.75, 3.05) is 19.8 Å². The predicted molar refractivity (Wildman–Crippen MR) is 96.8 cm³/mol. The van der Waals surface area contributed by atoms with Gasteiger partial charge in [0.2, 0.25) is 0 Å². The molecule has 128 valence electrons. The Morgan fingerprint density at radius 2 is 1.84 bits per heavy atom. The number of carbonyl (C=O) groups excluding carboxylic acids is 1. The van der Waals surface area contributed by atoms with Gasteiger partial charge < -0.3 is 14.4 Å². The average Bonchev–Trinajstić information content (AvgIpc) is 2.87. The van der Waals surface area contributed by atoms with Crippen molar-refractivity contribution < 1.29 is 14.3 Å². The summed E-state index contributed by atoms with van der Waals surface area (Å²) in [5.74, 6) is 3.74. The van der Waals surface area contributed by atoms with Gasteiger partial charge in [-0.15, -0.1) is 6.42 Å². The highest BCUT2D eigenvalue weighted by Gasteiger charge is 2.19. The Kier molecular flexibility index (Phi) is 5.25. The Hall–Kier alpha value is -2.93. The lowest BCUT2D eigenvalue weighted by atomic mass is 10.1. The molecule has 0 aliphatic carbocycles. The third-order valence-corrected chi connectivity index (χ3v) is 4.06. The number of rotatable bonds is 4. The zero-order valence-electron chi connectivity index (χ0n) is 14.3. The summed E-state index contributed by atoms with van der Waals surface area (Å²) >= 11 is 0. The van der Waals surface area contributed by atoms with Crippen LogP contribution < -0.4 is 9.47 Å². The SMILES string of the molecule is C#CCN(Cc1ccc(C)cc1)C(=O)c1ccc2c(c1)OCCCO2. The maximum Gasteiger partial charge on any atom is 0.255 e. The fourth-order valence-corrected chi connectivity index (χ4v) is 2.70. The summed E-state index contributed by atoms with van der Waals surface area (Å²) in [6, 6.07) is 13.4. The van der Waals surface area contributed by atoms with E-state index in [-0.39, 0.29) is 12.5 Å². The standard InChI is InChI=1S/C21H21NO3/c1-3-11-22(15-17-7-5-16(2)6-8-17)21(23)18-9-10-19-20(14-18)25-13-4-12-24-19/h1,5-10,14H,4,11-13,15H2,2H3. The molecule has 0 bridgehead atoms. The molecule has 2 aromatic rings. The maximum atomic E-state index is 12.9. The summed E-state index contributed by atoms with van der Waals surface area (Å²) in [5, 5.41) is 0. The summed E-state index contributed by atoms with van der Waals surface area (Å²) in [5.41, 5.74) is 2.77. The van der Waals surface area contributed by atoms with Crippen LogP contribution in [0.25, 0.3) is 0 Å². The normalized spacial score (nSPS) is 12.8. The monoisotopic (exact) mass is 335 g/mol. The first-order chi connectivity index (χ1) is 12.2. The van der Waals surface area contributed by atoms with E-state index in [9.17, 15) is 4.79 Å². The van der Waals surface area contributed by atoms with Crippen LogP contribution in [-0.4, -0.2) is 30.6 Å². The van der Waals surface area contributed by atoms with Gasteiger partial charge in [-0.25, -0.2) is 0 Å². The third-order valence-electron chi connectivity index (χ3n) is 4.06. The first kappa shape index (κ1) is 16.9. The van der Waals surface area contributed by atoms with Crippen LogP contribution in [0.4, 0.5) is 0 Å². The minimum Gasteiger partial charge on any atom is -0.490 e. The molecule has 0 aromatic heterocycles. The molecule has 25 heavy (non-hydrogen) atoms. The molecule has 0 saturated carbocycles. The van der Waals surface area contributed by atoms with E-state index in [1.54, 1.807) is 23.1 Å². The Labute approximate surface area is 148 Å². The lowest BCUT2D eigenvalue weighted by Gasteiger charge is -2.21. The minimum absolute atomic E-state index is 0.117. The van der Waals surface area contributed by atoms with Crippen molar-refractivity contribution in [1.29, 1.82) is 0 Å². The number of aryl methyl sites for hydroxylation is 1. The molecule has 0 fully saturated rings. The van der Waals surface area contributed by atoms with E-state index in [0.717, 1.165) is 12.0 Å². The number of nitrogens with zero attached hydrogens (tertiary/aromatic N) is 1. The molecule has 4 nitrogen and oxygen atoms in total. The molecule has 2 aromatic carbocycles. The maximum absolute atomic E-state index is 12.9. The summed E-state index contributed by atoms with van der Waals surface area (Å²) in [6.07, 6.45) is 6.29. The quantitative estimate of drug-likeness (QED) is 0.804. The molecular formula is C21H21NO3. The fourth-order valence-electron chi connectivity index (χ4n) is 2.70. The van der Waals surface area contributed by atoms with Gasteiger partial charge in [0.05, 0.1) is 19.8 Å². The van der Waals surface area contributed by atoms with Gasteiger partial charge >= 0.3 is 0 Å². The largest absolute Gasteiger partial charge is 0.490 e. The zero-order valence-corrected chi connectivity index (χ0v) is 14.3. The van der Waals surface area contributed by atoms with E-state index in [0.29, 0.717) is 36.8 Å². The molecule has 0 atom stereocenters. The highest BCUT2D eigenvalue weighted by molar-refractivity contribution is 5.95. The highest BCUT2D eigenvalue weighted by Crippen LogP contribution is 2.31. The van der Waals surface area contributed by atoms with Crippen LogP contribution in [0.5, 0.6) is 11.5 Å². The van der Waals surface area contributed by atoms with Crippen LogP contribution in [0.2, 0.25) is 0 Å². The number of carbonyl (C=O) groups is 1. The Morgan fingerprint density at radius 3 is 2.56 bits per heavy atom. The molecule has 0 radical (unpaired) electrons. The molecule has 4 heteroatoms. The number of amides is 1. The van der Waals surface area contributed by atoms with E-state index in [1.807, 2.05) is 31.2 Å². The van der Waals surface area contributed by atoms with Gasteiger partial charge in [0.15, 0.2) is 11.5 Å². The number of ether oxygens (including phenoxy) is 2. The van der Waals surface area contributed by atoms with E-state index in [1.165, 1.54) is 5.56 Å². The van der Waals surface area contributed by atoms with Crippen molar-refractivity contribution in [3.63, 3.8) is 0 Å². The van der Waals surface area contributed by atoms with Crippen LogP contribution in [-0.2, 0) is 6.54 Å². The van der Waals surface area contributed by atoms with Gasteiger partial charge in [0, 0.05) is 18.5 Å². The highest BCUT2D eigenvalue weighted by atomic mass is 16.5. The second-order valence-electron chi connectivity index (χ2n) is 6.06. The average molecular weight is 335 g/mol. The van der Waals surface area contributed by atoms with Crippen LogP contribution in [0.1, 0.15) is 27.9 Å². The fraction of sp³-hybridized carbons (Fsp3) is 0.286. The van der Waals surface area contributed by atoms with Crippen LogP contribution >= 0.6 is 0 Å². The number of hydrogen-bond acceptors (Lipinski definition) is 3. The number of benzene rings is 2. The van der Waals surface area contributed by atoms with Crippen molar-refractivity contribution in [1.82, 2.24) is 4.90 Å². The van der Waals surface area contributed by atoms with Crippen LogP contribution in [0.3, 0.4) is 0 Å². The van der Waals surface area contributed by atoms with Crippen LogP contribution in [0, 0.1) is 19.3 Å². The molecule has 0 N–H and O–H groups in total. The summed E-state index contributed by atoms with van der Waals surface area (Å²) in [4.78, 5) is 14.6.